The fourth-order valence-corrected chi connectivity index (χ4v) is 1.56. The van der Waals surface area contributed by atoms with Crippen LogP contribution in [0.4, 0.5) is 0 Å². The maximum absolute atomic E-state index is 5.47. The average molecular weight is 207 g/mol. The van der Waals surface area contributed by atoms with E-state index in [1.807, 2.05) is 0 Å². The molecule has 1 aromatic rings. The van der Waals surface area contributed by atoms with Crippen LogP contribution in [0.5, 0.6) is 0 Å². The molecule has 0 aliphatic heterocycles. The number of hydrogen-bond acceptors (Lipinski definition) is 2. The predicted octanol–water partition coefficient (Wildman–Crippen LogP) is 2.16. The Morgan fingerprint density at radius 2 is 1.80 bits per heavy atom. The van der Waals surface area contributed by atoms with Crippen LogP contribution in [0.3, 0.4) is 0 Å². The van der Waals surface area contributed by atoms with Crippen molar-refractivity contribution in [1.29, 1.82) is 0 Å². The molecule has 1 rings (SSSR count). The van der Waals surface area contributed by atoms with E-state index in [2.05, 4.69) is 31.2 Å². The van der Waals surface area contributed by atoms with Crippen LogP contribution in [0.1, 0.15) is 24.5 Å². The number of aryl methyl sites for hydroxylation is 1. The van der Waals surface area contributed by atoms with E-state index in [0.717, 1.165) is 25.8 Å². The molecule has 2 N–H and O–H groups in total. The lowest BCUT2D eigenvalue weighted by molar-refractivity contribution is 0.119. The highest BCUT2D eigenvalue weighted by atomic mass is 16.5. The normalized spacial score (nSPS) is 12.7. The SMILES string of the molecule is COC(C)Cc1ccc(CCCN)cc1. The summed E-state index contributed by atoms with van der Waals surface area (Å²) in [6.45, 7) is 2.85. The minimum atomic E-state index is 0.292. The van der Waals surface area contributed by atoms with Crippen LogP contribution in [0.15, 0.2) is 24.3 Å². The minimum Gasteiger partial charge on any atom is -0.381 e. The number of ether oxygens (including phenoxy) is 1. The molecule has 0 radical (unpaired) electrons. The van der Waals surface area contributed by atoms with E-state index in [4.69, 9.17) is 10.5 Å². The van der Waals surface area contributed by atoms with Gasteiger partial charge >= 0.3 is 0 Å². The third-order valence-corrected chi connectivity index (χ3v) is 2.62. The van der Waals surface area contributed by atoms with Crippen LogP contribution in [-0.2, 0) is 17.6 Å². The molecule has 15 heavy (non-hydrogen) atoms. The standard InChI is InChI=1S/C13H21NO/c1-11(15-2)10-13-7-5-12(6-8-13)4-3-9-14/h5-8,11H,3-4,9-10,14H2,1-2H3. The first-order chi connectivity index (χ1) is 7.26. The quantitative estimate of drug-likeness (QED) is 0.775. The highest BCUT2D eigenvalue weighted by Crippen LogP contribution is 2.09. The number of rotatable bonds is 6. The molecule has 0 aromatic heterocycles. The van der Waals surface area contributed by atoms with Crippen LogP contribution in [0.2, 0.25) is 0 Å². The summed E-state index contributed by atoms with van der Waals surface area (Å²) < 4.78 is 5.23. The van der Waals surface area contributed by atoms with Gasteiger partial charge in [0.25, 0.3) is 0 Å². The first-order valence-corrected chi connectivity index (χ1v) is 5.57. The Kier molecular flexibility index (Phi) is 5.37. The first kappa shape index (κ1) is 12.2. The van der Waals surface area contributed by atoms with Gasteiger partial charge < -0.3 is 10.5 Å². The van der Waals surface area contributed by atoms with Crippen LogP contribution in [-0.4, -0.2) is 19.8 Å². The highest BCUT2D eigenvalue weighted by Gasteiger charge is 2.01. The van der Waals surface area contributed by atoms with Gasteiger partial charge in [-0.2, -0.15) is 0 Å². The van der Waals surface area contributed by atoms with Gasteiger partial charge in [0.1, 0.15) is 0 Å². The van der Waals surface area contributed by atoms with Crippen molar-refractivity contribution in [2.75, 3.05) is 13.7 Å². The van der Waals surface area contributed by atoms with Crippen molar-refractivity contribution in [2.24, 2.45) is 5.73 Å². The van der Waals surface area contributed by atoms with Crippen molar-refractivity contribution in [3.05, 3.63) is 35.4 Å². The Hall–Kier alpha value is -0.860. The molecule has 1 aromatic carbocycles. The number of benzene rings is 1. The Bertz CT molecular complexity index is 268. The van der Waals surface area contributed by atoms with Crippen molar-refractivity contribution < 1.29 is 4.74 Å². The molecule has 0 spiro atoms. The average Bonchev–Trinajstić information content (AvgIpc) is 2.28. The summed E-state index contributed by atoms with van der Waals surface area (Å²) in [4.78, 5) is 0. The van der Waals surface area contributed by atoms with Gasteiger partial charge in [-0.05, 0) is 43.9 Å². The molecule has 0 bridgehead atoms. The van der Waals surface area contributed by atoms with E-state index < -0.39 is 0 Å². The summed E-state index contributed by atoms with van der Waals surface area (Å²) in [5.74, 6) is 0. The third-order valence-electron chi connectivity index (χ3n) is 2.62. The predicted molar refractivity (Wildman–Crippen MR) is 64.0 cm³/mol. The van der Waals surface area contributed by atoms with Gasteiger partial charge in [-0.3, -0.25) is 0 Å². The summed E-state index contributed by atoms with van der Waals surface area (Å²) in [6, 6.07) is 8.74. The van der Waals surface area contributed by atoms with E-state index in [-0.39, 0.29) is 0 Å². The molecular weight excluding hydrogens is 186 g/mol. The molecule has 0 amide bonds. The molecule has 0 heterocycles. The van der Waals surface area contributed by atoms with Crippen molar-refractivity contribution in [3.63, 3.8) is 0 Å². The van der Waals surface area contributed by atoms with Gasteiger partial charge in [-0.1, -0.05) is 24.3 Å². The molecule has 2 nitrogen and oxygen atoms in total. The second-order valence-electron chi connectivity index (χ2n) is 3.96. The minimum absolute atomic E-state index is 0.292. The van der Waals surface area contributed by atoms with Gasteiger partial charge in [0.15, 0.2) is 0 Å². The zero-order chi connectivity index (χ0) is 11.1. The van der Waals surface area contributed by atoms with Crippen LogP contribution in [0, 0.1) is 0 Å². The Labute approximate surface area is 92.4 Å². The highest BCUT2D eigenvalue weighted by molar-refractivity contribution is 5.23. The fraction of sp³-hybridized carbons (Fsp3) is 0.538. The second-order valence-corrected chi connectivity index (χ2v) is 3.96. The van der Waals surface area contributed by atoms with Gasteiger partial charge in [-0.25, -0.2) is 0 Å². The number of hydrogen-bond donors (Lipinski definition) is 1. The van der Waals surface area contributed by atoms with Crippen molar-refractivity contribution in [1.82, 2.24) is 0 Å². The lowest BCUT2D eigenvalue weighted by Crippen LogP contribution is -2.08. The van der Waals surface area contributed by atoms with Gasteiger partial charge in [0.2, 0.25) is 0 Å². The molecule has 1 unspecified atom stereocenters. The van der Waals surface area contributed by atoms with Crippen molar-refractivity contribution in [2.45, 2.75) is 32.3 Å². The topological polar surface area (TPSA) is 35.2 Å². The monoisotopic (exact) mass is 207 g/mol. The maximum Gasteiger partial charge on any atom is 0.0583 e. The van der Waals surface area contributed by atoms with E-state index in [9.17, 15) is 0 Å². The van der Waals surface area contributed by atoms with Crippen molar-refractivity contribution >= 4 is 0 Å². The van der Waals surface area contributed by atoms with Crippen LogP contribution < -0.4 is 5.73 Å². The van der Waals surface area contributed by atoms with Gasteiger partial charge in [-0.15, -0.1) is 0 Å². The first-order valence-electron chi connectivity index (χ1n) is 5.57. The second kappa shape index (κ2) is 6.59. The molecule has 0 fully saturated rings. The zero-order valence-corrected chi connectivity index (χ0v) is 9.70. The summed E-state index contributed by atoms with van der Waals surface area (Å²) in [7, 11) is 1.75. The molecule has 2 heteroatoms. The van der Waals surface area contributed by atoms with E-state index >= 15 is 0 Å². The van der Waals surface area contributed by atoms with Gasteiger partial charge in [0.05, 0.1) is 6.10 Å². The molecule has 0 aliphatic rings. The van der Waals surface area contributed by atoms with E-state index in [0.29, 0.717) is 6.10 Å². The lowest BCUT2D eigenvalue weighted by atomic mass is 10.0. The molecule has 0 saturated heterocycles. The molecular formula is C13H21NO. The summed E-state index contributed by atoms with van der Waals surface area (Å²) in [5.41, 5.74) is 8.18. The van der Waals surface area contributed by atoms with E-state index in [1.165, 1.54) is 11.1 Å². The van der Waals surface area contributed by atoms with Crippen LogP contribution >= 0.6 is 0 Å². The molecule has 1 atom stereocenters. The molecule has 84 valence electrons. The zero-order valence-electron chi connectivity index (χ0n) is 9.70. The Balaban J connectivity index is 2.48. The van der Waals surface area contributed by atoms with E-state index in [1.54, 1.807) is 7.11 Å². The summed E-state index contributed by atoms with van der Waals surface area (Å²) >= 11 is 0. The lowest BCUT2D eigenvalue weighted by Gasteiger charge is -2.09. The number of nitrogens with two attached hydrogens (primary N) is 1. The Morgan fingerprint density at radius 3 is 2.33 bits per heavy atom. The van der Waals surface area contributed by atoms with Gasteiger partial charge in [0, 0.05) is 7.11 Å². The largest absolute Gasteiger partial charge is 0.381 e. The van der Waals surface area contributed by atoms with Crippen LogP contribution in [0.25, 0.3) is 0 Å². The smallest absolute Gasteiger partial charge is 0.0583 e. The van der Waals surface area contributed by atoms with Crippen molar-refractivity contribution in [3.8, 4) is 0 Å². The molecule has 0 aliphatic carbocycles. The maximum atomic E-state index is 5.47. The third kappa shape index (κ3) is 4.45. The molecule has 0 saturated carbocycles. The summed E-state index contributed by atoms with van der Waals surface area (Å²) in [5, 5.41) is 0. The Morgan fingerprint density at radius 1 is 1.20 bits per heavy atom. The summed E-state index contributed by atoms with van der Waals surface area (Å²) in [6.07, 6.45) is 3.41. The number of methoxy groups -OCH3 is 1. The fourth-order valence-electron chi connectivity index (χ4n) is 1.56.